The summed E-state index contributed by atoms with van der Waals surface area (Å²) in [6, 6.07) is 5.79. The molecular weight excluding hydrogens is 374 g/mol. The number of carbonyl (C=O) groups is 3. The number of hydrogen-bond donors (Lipinski definition) is 3. The van der Waals surface area contributed by atoms with Gasteiger partial charge in [-0.1, -0.05) is 17.7 Å². The molecule has 1 aromatic rings. The van der Waals surface area contributed by atoms with Crippen LogP contribution in [-0.2, 0) is 14.3 Å². The number of nitrogens with one attached hydrogen (secondary N) is 3. The smallest absolute Gasteiger partial charge is 0.407 e. The second kappa shape index (κ2) is 11.9. The van der Waals surface area contributed by atoms with Gasteiger partial charge >= 0.3 is 6.09 Å². The fraction of sp³-hybridized carbons (Fsp3) is 0.571. The minimum Gasteiger partial charge on any atom is -0.484 e. The maximum atomic E-state index is 11.8. The van der Waals surface area contributed by atoms with E-state index in [2.05, 4.69) is 16.0 Å². The van der Waals surface area contributed by atoms with Crippen molar-refractivity contribution in [2.45, 2.75) is 53.1 Å². The summed E-state index contributed by atoms with van der Waals surface area (Å²) in [5.74, 6) is 0.307. The summed E-state index contributed by atoms with van der Waals surface area (Å²) in [7, 11) is 0. The fourth-order valence-electron chi connectivity index (χ4n) is 2.38. The third-order valence-corrected chi connectivity index (χ3v) is 3.71. The van der Waals surface area contributed by atoms with E-state index in [9.17, 15) is 14.4 Å². The molecule has 0 spiro atoms. The van der Waals surface area contributed by atoms with Gasteiger partial charge in [0.2, 0.25) is 5.91 Å². The van der Waals surface area contributed by atoms with E-state index in [0.29, 0.717) is 25.3 Å². The average molecular weight is 408 g/mol. The quantitative estimate of drug-likeness (QED) is 0.516. The van der Waals surface area contributed by atoms with Crippen LogP contribution >= 0.6 is 0 Å². The molecule has 29 heavy (non-hydrogen) atoms. The van der Waals surface area contributed by atoms with Gasteiger partial charge in [0.25, 0.3) is 5.91 Å². The summed E-state index contributed by atoms with van der Waals surface area (Å²) in [6.07, 6.45) is 0.214. The Bertz CT molecular complexity index is 698. The molecule has 1 rings (SSSR count). The van der Waals surface area contributed by atoms with Gasteiger partial charge < -0.3 is 25.4 Å². The van der Waals surface area contributed by atoms with Gasteiger partial charge in [-0.15, -0.1) is 0 Å². The zero-order valence-corrected chi connectivity index (χ0v) is 18.0. The predicted molar refractivity (Wildman–Crippen MR) is 111 cm³/mol. The van der Waals surface area contributed by atoms with Crippen LogP contribution in [-0.4, -0.2) is 49.7 Å². The van der Waals surface area contributed by atoms with E-state index in [0.717, 1.165) is 11.1 Å². The first-order valence-corrected chi connectivity index (χ1v) is 9.77. The third-order valence-electron chi connectivity index (χ3n) is 3.71. The van der Waals surface area contributed by atoms with E-state index in [-0.39, 0.29) is 31.4 Å². The van der Waals surface area contributed by atoms with Crippen LogP contribution in [0.2, 0.25) is 0 Å². The summed E-state index contributed by atoms with van der Waals surface area (Å²) < 4.78 is 10.6. The first-order valence-electron chi connectivity index (χ1n) is 9.77. The van der Waals surface area contributed by atoms with Crippen LogP contribution in [0.15, 0.2) is 18.2 Å². The number of ether oxygens (including phenoxy) is 2. The molecule has 1 aromatic carbocycles. The maximum Gasteiger partial charge on any atom is 0.407 e. The van der Waals surface area contributed by atoms with Crippen LogP contribution in [0.4, 0.5) is 4.79 Å². The largest absolute Gasteiger partial charge is 0.484 e. The second-order valence-electron chi connectivity index (χ2n) is 7.79. The molecule has 0 radical (unpaired) electrons. The Kier molecular flexibility index (Phi) is 9.99. The number of benzene rings is 1. The summed E-state index contributed by atoms with van der Waals surface area (Å²) in [5, 5.41) is 8.01. The maximum absolute atomic E-state index is 11.8. The molecule has 0 aromatic heterocycles. The van der Waals surface area contributed by atoms with Crippen molar-refractivity contribution >= 4 is 17.9 Å². The highest BCUT2D eigenvalue weighted by Gasteiger charge is 2.15. The lowest BCUT2D eigenvalue weighted by molar-refractivity contribution is -0.123. The highest BCUT2D eigenvalue weighted by Crippen LogP contribution is 2.18. The fourth-order valence-corrected chi connectivity index (χ4v) is 2.38. The van der Waals surface area contributed by atoms with E-state index in [1.807, 2.05) is 32.0 Å². The lowest BCUT2D eigenvalue weighted by Gasteiger charge is -2.19. The van der Waals surface area contributed by atoms with E-state index >= 15 is 0 Å². The Balaban J connectivity index is 2.07. The van der Waals surface area contributed by atoms with Crippen molar-refractivity contribution < 1.29 is 23.9 Å². The molecule has 8 nitrogen and oxygen atoms in total. The zero-order valence-electron chi connectivity index (χ0n) is 18.0. The third kappa shape index (κ3) is 11.6. The van der Waals surface area contributed by atoms with Crippen molar-refractivity contribution in [2.75, 3.05) is 26.2 Å². The summed E-state index contributed by atoms with van der Waals surface area (Å²) >= 11 is 0. The standard InChI is InChI=1S/C21H33N3O5/c1-15-7-8-17(16(2)13-15)28-14-19(26)23-11-6-10-22-18(25)9-12-24-20(27)29-21(3,4)5/h7-8,13H,6,9-12,14H2,1-5H3,(H,22,25)(H,23,26)(H,24,27). The van der Waals surface area contributed by atoms with E-state index < -0.39 is 11.7 Å². The summed E-state index contributed by atoms with van der Waals surface area (Å²) in [5.41, 5.74) is 1.56. The Morgan fingerprint density at radius 1 is 0.931 bits per heavy atom. The molecule has 0 saturated carbocycles. The van der Waals surface area contributed by atoms with Gasteiger partial charge in [0.1, 0.15) is 11.4 Å². The number of rotatable bonds is 10. The minimum absolute atomic E-state index is 0.0490. The SMILES string of the molecule is Cc1ccc(OCC(=O)NCCCNC(=O)CCNC(=O)OC(C)(C)C)c(C)c1. The molecule has 3 N–H and O–H groups in total. The van der Waals surface area contributed by atoms with Crippen LogP contribution in [0.1, 0.15) is 44.7 Å². The van der Waals surface area contributed by atoms with Gasteiger partial charge in [-0.25, -0.2) is 4.79 Å². The Morgan fingerprint density at radius 2 is 1.59 bits per heavy atom. The van der Waals surface area contributed by atoms with Crippen molar-refractivity contribution in [1.29, 1.82) is 0 Å². The van der Waals surface area contributed by atoms with Crippen LogP contribution in [0.5, 0.6) is 5.75 Å². The Labute approximate surface area is 172 Å². The van der Waals surface area contributed by atoms with Gasteiger partial charge in [0.15, 0.2) is 6.61 Å². The van der Waals surface area contributed by atoms with E-state index in [1.54, 1.807) is 20.8 Å². The molecule has 8 heteroatoms. The summed E-state index contributed by atoms with van der Waals surface area (Å²) in [6.45, 7) is 10.3. The molecule has 162 valence electrons. The van der Waals surface area contributed by atoms with Gasteiger partial charge in [-0.2, -0.15) is 0 Å². The normalized spacial score (nSPS) is 10.8. The molecule has 0 aliphatic carbocycles. The predicted octanol–water partition coefficient (Wildman–Crippen LogP) is 2.22. The molecule has 0 aliphatic heterocycles. The molecule has 0 unspecified atom stereocenters. The lowest BCUT2D eigenvalue weighted by Crippen LogP contribution is -2.36. The van der Waals surface area contributed by atoms with E-state index in [1.165, 1.54) is 0 Å². The highest BCUT2D eigenvalue weighted by molar-refractivity contribution is 5.78. The van der Waals surface area contributed by atoms with Crippen molar-refractivity contribution in [2.24, 2.45) is 0 Å². The molecule has 0 saturated heterocycles. The first kappa shape index (κ1) is 24.3. The molecule has 3 amide bonds. The first-order chi connectivity index (χ1) is 13.6. The lowest BCUT2D eigenvalue weighted by atomic mass is 10.1. The van der Waals surface area contributed by atoms with E-state index in [4.69, 9.17) is 9.47 Å². The number of hydrogen-bond acceptors (Lipinski definition) is 5. The molecule has 0 bridgehead atoms. The van der Waals surface area contributed by atoms with Gasteiger partial charge in [-0.05, 0) is 52.7 Å². The van der Waals surface area contributed by atoms with Crippen LogP contribution in [0.25, 0.3) is 0 Å². The Hall–Kier alpha value is -2.77. The number of alkyl carbamates (subject to hydrolysis) is 1. The average Bonchev–Trinajstić information content (AvgIpc) is 2.59. The van der Waals surface area contributed by atoms with Crippen molar-refractivity contribution in [3.8, 4) is 5.75 Å². The van der Waals surface area contributed by atoms with Gasteiger partial charge in [0.05, 0.1) is 0 Å². The monoisotopic (exact) mass is 407 g/mol. The van der Waals surface area contributed by atoms with Gasteiger partial charge in [-0.3, -0.25) is 9.59 Å². The second-order valence-corrected chi connectivity index (χ2v) is 7.79. The zero-order chi connectivity index (χ0) is 21.9. The highest BCUT2D eigenvalue weighted by atomic mass is 16.6. The number of carbonyl (C=O) groups excluding carboxylic acids is 3. The summed E-state index contributed by atoms with van der Waals surface area (Å²) in [4.78, 5) is 35.0. The van der Waals surface area contributed by atoms with Crippen molar-refractivity contribution in [3.05, 3.63) is 29.3 Å². The topological polar surface area (TPSA) is 106 Å². The number of amides is 3. The molecule has 0 atom stereocenters. The molecule has 0 aliphatic rings. The molecule has 0 fully saturated rings. The Morgan fingerprint density at radius 3 is 2.21 bits per heavy atom. The van der Waals surface area contributed by atoms with Crippen LogP contribution in [0, 0.1) is 13.8 Å². The van der Waals surface area contributed by atoms with Gasteiger partial charge in [0, 0.05) is 26.1 Å². The van der Waals surface area contributed by atoms with Crippen molar-refractivity contribution in [3.63, 3.8) is 0 Å². The minimum atomic E-state index is -0.569. The van der Waals surface area contributed by atoms with Crippen LogP contribution < -0.4 is 20.7 Å². The molecule has 0 heterocycles. The number of aryl methyl sites for hydroxylation is 2. The molecular formula is C21H33N3O5. The van der Waals surface area contributed by atoms with Crippen molar-refractivity contribution in [1.82, 2.24) is 16.0 Å². The van der Waals surface area contributed by atoms with Crippen LogP contribution in [0.3, 0.4) is 0 Å².